The maximum atomic E-state index is 14.5. The third-order valence-electron chi connectivity index (χ3n) is 8.11. The molecule has 0 heterocycles. The second-order valence-electron chi connectivity index (χ2n) is 10.0. The normalized spacial score (nSPS) is 45.1. The minimum Gasteiger partial charge on any atom is -0.378 e. The summed E-state index contributed by atoms with van der Waals surface area (Å²) in [5.74, 6) is 3.32. The summed E-state index contributed by atoms with van der Waals surface area (Å²) in [7, 11) is 1.46. The van der Waals surface area contributed by atoms with E-state index < -0.39 is 24.6 Å². The molecule has 164 valence electrons. The molecule has 4 heteroatoms. The Labute approximate surface area is 171 Å². The van der Waals surface area contributed by atoms with Gasteiger partial charge in [-0.05, 0) is 74.5 Å². The monoisotopic (exact) mass is 400 g/mol. The summed E-state index contributed by atoms with van der Waals surface area (Å²) >= 11 is 0. The highest BCUT2D eigenvalue weighted by atomic mass is 19.2. The van der Waals surface area contributed by atoms with Gasteiger partial charge in [0, 0.05) is 13.7 Å². The molecule has 0 amide bonds. The van der Waals surface area contributed by atoms with Crippen LogP contribution in [0.15, 0.2) is 0 Å². The number of hydrogen-bond acceptors (Lipinski definition) is 2. The minimum atomic E-state index is -1.57. The molecule has 0 aromatic rings. The first-order valence-corrected chi connectivity index (χ1v) is 12.0. The smallest absolute Gasteiger partial charge is 0.160 e. The van der Waals surface area contributed by atoms with E-state index >= 15 is 0 Å². The molecule has 3 aliphatic rings. The van der Waals surface area contributed by atoms with Crippen LogP contribution in [0.4, 0.5) is 8.78 Å². The fourth-order valence-corrected chi connectivity index (χ4v) is 6.24. The van der Waals surface area contributed by atoms with Crippen LogP contribution in [-0.2, 0) is 9.47 Å². The molecule has 0 aromatic heterocycles. The first-order chi connectivity index (χ1) is 13.5. The van der Waals surface area contributed by atoms with Crippen molar-refractivity contribution in [2.45, 2.75) is 109 Å². The van der Waals surface area contributed by atoms with Gasteiger partial charge in [0.1, 0.15) is 0 Å². The second kappa shape index (κ2) is 10.7. The van der Waals surface area contributed by atoms with Crippen LogP contribution in [0.2, 0.25) is 0 Å². The van der Waals surface area contributed by atoms with Gasteiger partial charge in [-0.25, -0.2) is 8.78 Å². The minimum absolute atomic E-state index is 0.00148. The second-order valence-corrected chi connectivity index (χ2v) is 10.0. The van der Waals surface area contributed by atoms with E-state index in [0.717, 1.165) is 17.8 Å². The van der Waals surface area contributed by atoms with Gasteiger partial charge in [0.05, 0.1) is 12.2 Å². The van der Waals surface area contributed by atoms with Gasteiger partial charge in [-0.1, -0.05) is 39.5 Å². The first-order valence-electron chi connectivity index (χ1n) is 12.0. The van der Waals surface area contributed by atoms with Crippen molar-refractivity contribution in [2.75, 3.05) is 13.7 Å². The van der Waals surface area contributed by atoms with Crippen molar-refractivity contribution in [1.29, 1.82) is 0 Å². The van der Waals surface area contributed by atoms with Crippen molar-refractivity contribution in [3.63, 3.8) is 0 Å². The standard InChI is InChI=1S/C24H42F2O2/c1-4-5-17-6-10-19(11-7-17)20-12-8-18(9-13-20)15-28-24-16(2)14-21(27-3)22(25)23(24)26/h16-24H,4-15H2,1-3H3. The molecule has 0 N–H and O–H groups in total. The highest BCUT2D eigenvalue weighted by Crippen LogP contribution is 2.42. The van der Waals surface area contributed by atoms with E-state index in [1.54, 1.807) is 0 Å². The predicted molar refractivity (Wildman–Crippen MR) is 110 cm³/mol. The maximum Gasteiger partial charge on any atom is 0.160 e. The highest BCUT2D eigenvalue weighted by molar-refractivity contribution is 4.93. The van der Waals surface area contributed by atoms with E-state index in [2.05, 4.69) is 6.92 Å². The van der Waals surface area contributed by atoms with Crippen LogP contribution in [0.5, 0.6) is 0 Å². The van der Waals surface area contributed by atoms with Crippen molar-refractivity contribution in [2.24, 2.45) is 29.6 Å². The topological polar surface area (TPSA) is 18.5 Å². The summed E-state index contributed by atoms with van der Waals surface area (Å²) in [6.07, 6.45) is 9.61. The van der Waals surface area contributed by atoms with Crippen LogP contribution in [0, 0.1) is 29.6 Å². The molecule has 2 nitrogen and oxygen atoms in total. The zero-order valence-corrected chi connectivity index (χ0v) is 18.3. The molecule has 3 aliphatic carbocycles. The van der Waals surface area contributed by atoms with Crippen molar-refractivity contribution < 1.29 is 18.3 Å². The Hall–Kier alpha value is -0.220. The zero-order chi connectivity index (χ0) is 20.1. The Balaban J connectivity index is 1.38. The van der Waals surface area contributed by atoms with Crippen molar-refractivity contribution >= 4 is 0 Å². The van der Waals surface area contributed by atoms with Crippen LogP contribution in [0.1, 0.15) is 84.5 Å². The van der Waals surface area contributed by atoms with Gasteiger partial charge in [0.2, 0.25) is 0 Å². The SMILES string of the molecule is CCCC1CCC(C2CCC(COC3C(C)CC(OC)C(F)C3F)CC2)CC1. The van der Waals surface area contributed by atoms with Crippen LogP contribution in [0.3, 0.4) is 0 Å². The van der Waals surface area contributed by atoms with E-state index in [4.69, 9.17) is 9.47 Å². The lowest BCUT2D eigenvalue weighted by atomic mass is 9.69. The van der Waals surface area contributed by atoms with Gasteiger partial charge >= 0.3 is 0 Å². The first kappa shape index (κ1) is 22.5. The summed E-state index contributed by atoms with van der Waals surface area (Å²) < 4.78 is 39.7. The lowest BCUT2D eigenvalue weighted by Crippen LogP contribution is -2.50. The van der Waals surface area contributed by atoms with Crippen molar-refractivity contribution in [3.8, 4) is 0 Å². The number of ether oxygens (including phenoxy) is 2. The number of alkyl halides is 2. The van der Waals surface area contributed by atoms with Crippen LogP contribution in [0.25, 0.3) is 0 Å². The van der Waals surface area contributed by atoms with Gasteiger partial charge in [-0.3, -0.25) is 0 Å². The van der Waals surface area contributed by atoms with E-state index in [1.165, 1.54) is 71.3 Å². The Morgan fingerprint density at radius 3 is 1.93 bits per heavy atom. The summed E-state index contributed by atoms with van der Waals surface area (Å²) in [5, 5.41) is 0. The Kier molecular flexibility index (Phi) is 8.59. The molecule has 0 spiro atoms. The third-order valence-corrected chi connectivity index (χ3v) is 8.11. The number of halogens is 2. The van der Waals surface area contributed by atoms with Gasteiger partial charge in [0.25, 0.3) is 0 Å². The number of methoxy groups -OCH3 is 1. The highest BCUT2D eigenvalue weighted by Gasteiger charge is 2.45. The summed E-state index contributed by atoms with van der Waals surface area (Å²) in [6.45, 7) is 4.86. The summed E-state index contributed by atoms with van der Waals surface area (Å²) in [4.78, 5) is 0. The van der Waals surface area contributed by atoms with E-state index in [9.17, 15) is 8.78 Å². The Bertz CT molecular complexity index is 444. The molecule has 0 aromatic carbocycles. The van der Waals surface area contributed by atoms with E-state index in [0.29, 0.717) is 18.9 Å². The van der Waals surface area contributed by atoms with Gasteiger partial charge in [-0.2, -0.15) is 0 Å². The molecule has 28 heavy (non-hydrogen) atoms. The molecular formula is C24H42F2O2. The fourth-order valence-electron chi connectivity index (χ4n) is 6.24. The number of hydrogen-bond donors (Lipinski definition) is 0. The van der Waals surface area contributed by atoms with Crippen LogP contribution in [-0.4, -0.2) is 38.3 Å². The van der Waals surface area contributed by atoms with E-state index in [1.807, 2.05) is 6.92 Å². The average Bonchev–Trinajstić information content (AvgIpc) is 2.72. The van der Waals surface area contributed by atoms with Crippen LogP contribution < -0.4 is 0 Å². The van der Waals surface area contributed by atoms with Crippen molar-refractivity contribution in [1.82, 2.24) is 0 Å². The fraction of sp³-hybridized carbons (Fsp3) is 1.00. The molecule has 0 saturated heterocycles. The molecule has 5 atom stereocenters. The lowest BCUT2D eigenvalue weighted by Gasteiger charge is -2.40. The predicted octanol–water partition coefficient (Wildman–Crippen LogP) is 6.52. The van der Waals surface area contributed by atoms with Crippen LogP contribution >= 0.6 is 0 Å². The van der Waals surface area contributed by atoms with Crippen molar-refractivity contribution in [3.05, 3.63) is 0 Å². The molecule has 3 rings (SSSR count). The molecule has 0 radical (unpaired) electrons. The Morgan fingerprint density at radius 2 is 1.39 bits per heavy atom. The lowest BCUT2D eigenvalue weighted by molar-refractivity contribution is -0.138. The largest absolute Gasteiger partial charge is 0.378 e. The Morgan fingerprint density at radius 1 is 0.821 bits per heavy atom. The van der Waals surface area contributed by atoms with Gasteiger partial charge < -0.3 is 9.47 Å². The molecule has 5 unspecified atom stereocenters. The molecule has 0 aliphatic heterocycles. The number of rotatable bonds is 7. The molecular weight excluding hydrogens is 358 g/mol. The molecule has 0 bridgehead atoms. The third kappa shape index (κ3) is 5.47. The van der Waals surface area contributed by atoms with E-state index in [-0.39, 0.29) is 5.92 Å². The molecule has 3 saturated carbocycles. The van der Waals surface area contributed by atoms with Gasteiger partial charge in [-0.15, -0.1) is 0 Å². The average molecular weight is 401 g/mol. The van der Waals surface area contributed by atoms with Gasteiger partial charge in [0.15, 0.2) is 12.3 Å². The molecule has 3 fully saturated rings. The summed E-state index contributed by atoms with van der Waals surface area (Å²) in [6, 6.07) is 0. The quantitative estimate of drug-likeness (QED) is 0.484. The zero-order valence-electron chi connectivity index (χ0n) is 18.3. The maximum absolute atomic E-state index is 14.5. The summed E-state index contributed by atoms with van der Waals surface area (Å²) in [5.41, 5.74) is 0.